The Bertz CT molecular complexity index is 1080. The van der Waals surface area contributed by atoms with Gasteiger partial charge in [-0.05, 0) is 48.5 Å². The molecule has 0 saturated carbocycles. The van der Waals surface area contributed by atoms with Gasteiger partial charge in [0.05, 0.1) is 23.9 Å². The van der Waals surface area contributed by atoms with Gasteiger partial charge in [-0.15, -0.1) is 0 Å². The molecule has 0 bridgehead atoms. The summed E-state index contributed by atoms with van der Waals surface area (Å²) in [6, 6.07) is 15.1. The number of nitrogens with one attached hydrogen (secondary N) is 2. The third kappa shape index (κ3) is 3.79. The summed E-state index contributed by atoms with van der Waals surface area (Å²) < 4.78 is 43.2. The molecule has 1 aliphatic rings. The summed E-state index contributed by atoms with van der Waals surface area (Å²) in [6.45, 7) is 0.0822. The highest BCUT2D eigenvalue weighted by molar-refractivity contribution is 7.92. The smallest absolute Gasteiger partial charge is 0.262 e. The fraction of sp³-hybridized carbons (Fsp3) is 0.105. The summed E-state index contributed by atoms with van der Waals surface area (Å²) in [7, 11) is -2.17. The van der Waals surface area contributed by atoms with Crippen LogP contribution in [0.1, 0.15) is 0 Å². The predicted octanol–water partition coefficient (Wildman–Crippen LogP) is 3.36. The summed E-state index contributed by atoms with van der Waals surface area (Å²) in [4.78, 5) is 4.32. The number of anilines is 3. The van der Waals surface area contributed by atoms with Gasteiger partial charge in [0.1, 0.15) is 11.6 Å². The Kier molecular flexibility index (Phi) is 4.66. The maximum Gasteiger partial charge on any atom is 0.262 e. The summed E-state index contributed by atoms with van der Waals surface area (Å²) in [5.74, 6) is 2.26. The highest BCUT2D eigenvalue weighted by Gasteiger charge is 2.20. The van der Waals surface area contributed by atoms with Crippen molar-refractivity contribution >= 4 is 27.2 Å². The number of fused-ring (bicyclic) bond motifs is 1. The fourth-order valence-electron chi connectivity index (χ4n) is 2.61. The fourth-order valence-corrected chi connectivity index (χ4v) is 3.67. The third-order valence-corrected chi connectivity index (χ3v) is 5.41. The van der Waals surface area contributed by atoms with Gasteiger partial charge in [-0.2, -0.15) is 0 Å². The van der Waals surface area contributed by atoms with Crippen LogP contribution < -0.4 is 24.2 Å². The molecule has 28 heavy (non-hydrogen) atoms. The van der Waals surface area contributed by atoms with Crippen molar-refractivity contribution in [2.24, 2.45) is 0 Å². The minimum Gasteiger partial charge on any atom is -0.497 e. The number of nitrogens with zero attached hydrogens (tertiary/aromatic N) is 1. The van der Waals surface area contributed by atoms with Crippen LogP contribution >= 0.6 is 0 Å². The van der Waals surface area contributed by atoms with E-state index in [1.54, 1.807) is 25.3 Å². The molecule has 1 aliphatic heterocycles. The molecule has 0 unspecified atom stereocenters. The Balaban J connectivity index is 1.46. The van der Waals surface area contributed by atoms with Crippen molar-refractivity contribution in [3.05, 3.63) is 60.8 Å². The van der Waals surface area contributed by atoms with Gasteiger partial charge in [-0.25, -0.2) is 13.4 Å². The van der Waals surface area contributed by atoms with Gasteiger partial charge in [-0.3, -0.25) is 4.72 Å². The molecule has 0 radical (unpaired) electrons. The zero-order valence-electron chi connectivity index (χ0n) is 14.9. The summed E-state index contributed by atoms with van der Waals surface area (Å²) >= 11 is 0. The average molecular weight is 399 g/mol. The molecular weight excluding hydrogens is 382 g/mol. The van der Waals surface area contributed by atoms with E-state index in [1.165, 1.54) is 18.3 Å². The van der Waals surface area contributed by atoms with Crippen LogP contribution in [0.4, 0.5) is 17.2 Å². The molecule has 0 aliphatic carbocycles. The van der Waals surface area contributed by atoms with Crippen LogP contribution in [0.2, 0.25) is 0 Å². The van der Waals surface area contributed by atoms with E-state index in [0.717, 1.165) is 11.4 Å². The second kappa shape index (κ2) is 7.28. The number of hydrogen-bond acceptors (Lipinski definition) is 7. The number of pyridine rings is 1. The van der Waals surface area contributed by atoms with E-state index in [1.807, 2.05) is 24.3 Å². The normalized spacial score (nSPS) is 12.5. The van der Waals surface area contributed by atoms with E-state index in [2.05, 4.69) is 15.0 Å². The Morgan fingerprint density at radius 2 is 1.71 bits per heavy atom. The molecule has 3 aromatic rings. The van der Waals surface area contributed by atoms with E-state index < -0.39 is 10.0 Å². The maximum absolute atomic E-state index is 12.6. The lowest BCUT2D eigenvalue weighted by Gasteiger charge is -2.10. The number of sulfonamides is 1. The zero-order chi connectivity index (χ0) is 19.6. The predicted molar refractivity (Wildman–Crippen MR) is 104 cm³/mol. The van der Waals surface area contributed by atoms with Gasteiger partial charge in [-0.1, -0.05) is 0 Å². The first-order valence-electron chi connectivity index (χ1n) is 8.33. The second-order valence-corrected chi connectivity index (χ2v) is 7.59. The zero-order valence-corrected chi connectivity index (χ0v) is 15.7. The van der Waals surface area contributed by atoms with Gasteiger partial charge in [0, 0.05) is 11.8 Å². The van der Waals surface area contributed by atoms with Crippen LogP contribution in [-0.2, 0) is 10.0 Å². The quantitative estimate of drug-likeness (QED) is 0.656. The Labute approximate surface area is 162 Å². The van der Waals surface area contributed by atoms with E-state index >= 15 is 0 Å². The molecule has 8 nitrogen and oxygen atoms in total. The number of aromatic nitrogens is 1. The van der Waals surface area contributed by atoms with Crippen LogP contribution in [0.25, 0.3) is 0 Å². The van der Waals surface area contributed by atoms with Crippen LogP contribution in [0.5, 0.6) is 17.2 Å². The number of benzene rings is 2. The number of ether oxygens (including phenoxy) is 3. The molecule has 144 valence electrons. The van der Waals surface area contributed by atoms with Crippen LogP contribution in [0.15, 0.2) is 65.7 Å². The number of methoxy groups -OCH3 is 1. The molecular formula is C19H17N3O5S. The highest BCUT2D eigenvalue weighted by atomic mass is 32.2. The van der Waals surface area contributed by atoms with Crippen molar-refractivity contribution in [1.29, 1.82) is 0 Å². The van der Waals surface area contributed by atoms with Crippen LogP contribution in [0, 0.1) is 0 Å². The second-order valence-electron chi connectivity index (χ2n) is 5.91. The molecule has 2 heterocycles. The first-order valence-corrected chi connectivity index (χ1v) is 9.81. The summed E-state index contributed by atoms with van der Waals surface area (Å²) in [5.41, 5.74) is 1.18. The molecule has 9 heteroatoms. The summed E-state index contributed by atoms with van der Waals surface area (Å²) in [5, 5.41) is 3.13. The van der Waals surface area contributed by atoms with Gasteiger partial charge < -0.3 is 19.5 Å². The Morgan fingerprint density at radius 3 is 2.43 bits per heavy atom. The lowest BCUT2D eigenvalue weighted by molar-refractivity contribution is 0.174. The first-order chi connectivity index (χ1) is 13.5. The van der Waals surface area contributed by atoms with E-state index in [-0.39, 0.29) is 11.7 Å². The standard InChI is InChI=1S/C19H17N3O5S/c1-25-15-5-2-13(3-6-15)21-19-9-4-14(11-20-19)22-28(23,24)16-7-8-17-18(10-16)27-12-26-17/h2-11,22H,12H2,1H3,(H,20,21). The summed E-state index contributed by atoms with van der Waals surface area (Å²) in [6.07, 6.45) is 1.44. The first kappa shape index (κ1) is 17.9. The molecule has 0 fully saturated rings. The van der Waals surface area contributed by atoms with Gasteiger partial charge in [0.2, 0.25) is 6.79 Å². The lowest BCUT2D eigenvalue weighted by atomic mass is 10.3. The minimum absolute atomic E-state index is 0.0807. The monoisotopic (exact) mass is 399 g/mol. The molecule has 2 N–H and O–H groups in total. The van der Waals surface area contributed by atoms with Gasteiger partial charge in [0.15, 0.2) is 11.5 Å². The molecule has 0 amide bonds. The molecule has 0 atom stereocenters. The van der Waals surface area contributed by atoms with Crippen LogP contribution in [0.3, 0.4) is 0 Å². The van der Waals surface area contributed by atoms with Gasteiger partial charge in [0.25, 0.3) is 10.0 Å². The largest absolute Gasteiger partial charge is 0.497 e. The number of hydrogen-bond donors (Lipinski definition) is 2. The van der Waals surface area contributed by atoms with Gasteiger partial charge >= 0.3 is 0 Å². The van der Waals surface area contributed by atoms with Crippen molar-refractivity contribution in [3.8, 4) is 17.2 Å². The Hall–Kier alpha value is -3.46. The third-order valence-electron chi connectivity index (χ3n) is 4.03. The molecule has 0 spiro atoms. The van der Waals surface area contributed by atoms with Crippen molar-refractivity contribution in [3.63, 3.8) is 0 Å². The van der Waals surface area contributed by atoms with E-state index in [0.29, 0.717) is 23.0 Å². The van der Waals surface area contributed by atoms with Crippen LogP contribution in [-0.4, -0.2) is 27.3 Å². The SMILES string of the molecule is COc1ccc(Nc2ccc(NS(=O)(=O)c3ccc4c(c3)OCO4)cn2)cc1. The molecule has 1 aromatic heterocycles. The topological polar surface area (TPSA) is 98.8 Å². The van der Waals surface area contributed by atoms with Crippen molar-refractivity contribution < 1.29 is 22.6 Å². The lowest BCUT2D eigenvalue weighted by Crippen LogP contribution is -2.13. The average Bonchev–Trinajstić information content (AvgIpc) is 3.18. The molecule has 2 aromatic carbocycles. The van der Waals surface area contributed by atoms with Crippen molar-refractivity contribution in [2.45, 2.75) is 4.90 Å². The van der Waals surface area contributed by atoms with E-state index in [4.69, 9.17) is 14.2 Å². The highest BCUT2D eigenvalue weighted by Crippen LogP contribution is 2.34. The number of rotatable bonds is 6. The van der Waals surface area contributed by atoms with Crippen molar-refractivity contribution in [2.75, 3.05) is 23.9 Å². The molecule has 0 saturated heterocycles. The molecule has 4 rings (SSSR count). The minimum atomic E-state index is -3.77. The maximum atomic E-state index is 12.6. The Morgan fingerprint density at radius 1 is 0.964 bits per heavy atom. The van der Waals surface area contributed by atoms with E-state index in [9.17, 15) is 8.42 Å². The van der Waals surface area contributed by atoms with Crippen molar-refractivity contribution in [1.82, 2.24) is 4.98 Å².